The molecule has 1 aromatic heterocycles. The third-order valence-electron chi connectivity index (χ3n) is 3.03. The maximum absolute atomic E-state index is 6.32. The Morgan fingerprint density at radius 1 is 1.32 bits per heavy atom. The van der Waals surface area contributed by atoms with Gasteiger partial charge in [0.2, 0.25) is 0 Å². The van der Waals surface area contributed by atoms with Crippen molar-refractivity contribution >= 4 is 17.3 Å². The Bertz CT molecular complexity index is 540. The lowest BCUT2D eigenvalue weighted by molar-refractivity contribution is 0.816. The fourth-order valence-corrected chi connectivity index (χ4v) is 2.27. The fraction of sp³-hybridized carbons (Fsp3) is 0.267. The highest BCUT2D eigenvalue weighted by Crippen LogP contribution is 2.28. The predicted molar refractivity (Wildman–Crippen MR) is 80.4 cm³/mol. The molecule has 0 saturated heterocycles. The molecule has 0 spiro atoms. The maximum atomic E-state index is 6.32. The van der Waals surface area contributed by atoms with Gasteiger partial charge >= 0.3 is 0 Å². The van der Waals surface area contributed by atoms with Crippen LogP contribution in [0, 0.1) is 0 Å². The molecule has 19 heavy (non-hydrogen) atoms. The number of halogens is 1. The van der Waals surface area contributed by atoms with Gasteiger partial charge in [-0.1, -0.05) is 23.7 Å². The second-order valence-corrected chi connectivity index (χ2v) is 5.08. The first-order valence-corrected chi connectivity index (χ1v) is 6.62. The van der Waals surface area contributed by atoms with Crippen LogP contribution in [0.25, 0.3) is 0 Å². The van der Waals surface area contributed by atoms with Crippen molar-refractivity contribution in [2.24, 2.45) is 5.73 Å². The number of nitrogens with zero attached hydrogens (tertiary/aromatic N) is 2. The minimum Gasteiger partial charge on any atom is -0.367 e. The highest BCUT2D eigenvalue weighted by Gasteiger charge is 2.09. The van der Waals surface area contributed by atoms with Gasteiger partial charge in [-0.25, -0.2) is 0 Å². The van der Waals surface area contributed by atoms with Crippen molar-refractivity contribution in [2.75, 3.05) is 11.9 Å². The predicted octanol–water partition coefficient (Wildman–Crippen LogP) is 3.39. The van der Waals surface area contributed by atoms with E-state index in [9.17, 15) is 0 Å². The number of hydrogen-bond acceptors (Lipinski definition) is 3. The van der Waals surface area contributed by atoms with Crippen LogP contribution in [0.1, 0.15) is 24.2 Å². The first-order valence-electron chi connectivity index (χ1n) is 6.24. The number of rotatable bonds is 4. The number of hydrogen-bond donors (Lipinski definition) is 1. The summed E-state index contributed by atoms with van der Waals surface area (Å²) in [6.07, 6.45) is 1.80. The van der Waals surface area contributed by atoms with Gasteiger partial charge in [0.05, 0.1) is 22.9 Å². The Hall–Kier alpha value is -1.58. The van der Waals surface area contributed by atoms with Crippen molar-refractivity contribution in [1.82, 2.24) is 4.98 Å². The maximum Gasteiger partial charge on any atom is 0.0642 e. The molecule has 0 saturated carbocycles. The largest absolute Gasteiger partial charge is 0.367 e. The van der Waals surface area contributed by atoms with Crippen molar-refractivity contribution in [2.45, 2.75) is 19.5 Å². The highest BCUT2D eigenvalue weighted by molar-refractivity contribution is 6.33. The number of aromatic nitrogens is 1. The quantitative estimate of drug-likeness (QED) is 0.930. The summed E-state index contributed by atoms with van der Waals surface area (Å²) in [6, 6.07) is 11.8. The van der Waals surface area contributed by atoms with Crippen molar-refractivity contribution in [3.05, 3.63) is 58.9 Å². The van der Waals surface area contributed by atoms with Crippen LogP contribution in [-0.2, 0) is 6.54 Å². The number of pyridine rings is 1. The van der Waals surface area contributed by atoms with Gasteiger partial charge in [0.1, 0.15) is 0 Å². The average molecular weight is 276 g/mol. The van der Waals surface area contributed by atoms with Crippen molar-refractivity contribution < 1.29 is 0 Å². The molecule has 100 valence electrons. The summed E-state index contributed by atoms with van der Waals surface area (Å²) in [4.78, 5) is 6.39. The second kappa shape index (κ2) is 6.04. The molecule has 0 aliphatic heterocycles. The van der Waals surface area contributed by atoms with Gasteiger partial charge in [-0.15, -0.1) is 0 Å². The number of nitrogens with two attached hydrogens (primary N) is 1. The molecule has 0 radical (unpaired) electrons. The molecular weight excluding hydrogens is 258 g/mol. The Balaban J connectivity index is 2.17. The van der Waals surface area contributed by atoms with Crippen LogP contribution in [0.2, 0.25) is 5.02 Å². The summed E-state index contributed by atoms with van der Waals surface area (Å²) in [5, 5.41) is 0.716. The van der Waals surface area contributed by atoms with Gasteiger partial charge in [0, 0.05) is 19.3 Å². The van der Waals surface area contributed by atoms with Crippen LogP contribution >= 0.6 is 11.6 Å². The van der Waals surface area contributed by atoms with E-state index in [1.807, 2.05) is 50.4 Å². The van der Waals surface area contributed by atoms with Gasteiger partial charge in [-0.05, 0) is 36.8 Å². The van der Waals surface area contributed by atoms with E-state index in [1.54, 1.807) is 6.20 Å². The third-order valence-corrected chi connectivity index (χ3v) is 3.34. The fourth-order valence-electron chi connectivity index (χ4n) is 1.94. The standard InChI is InChI=1S/C15H18ClN3/c1-11(17)12-6-7-15(14(16)9-12)19(2)10-13-5-3-4-8-18-13/h3-9,11H,10,17H2,1-2H3/t11-/m0/s1. The van der Waals surface area contributed by atoms with Crippen LogP contribution in [0.15, 0.2) is 42.6 Å². The van der Waals surface area contributed by atoms with Gasteiger partial charge < -0.3 is 10.6 Å². The molecular formula is C15H18ClN3. The van der Waals surface area contributed by atoms with Crippen LogP contribution in [0.5, 0.6) is 0 Å². The monoisotopic (exact) mass is 275 g/mol. The van der Waals surface area contributed by atoms with E-state index >= 15 is 0 Å². The van der Waals surface area contributed by atoms with Gasteiger partial charge in [0.15, 0.2) is 0 Å². The van der Waals surface area contributed by atoms with E-state index in [-0.39, 0.29) is 6.04 Å². The Morgan fingerprint density at radius 2 is 2.11 bits per heavy atom. The molecule has 0 fully saturated rings. The zero-order valence-electron chi connectivity index (χ0n) is 11.2. The van der Waals surface area contributed by atoms with Crippen LogP contribution < -0.4 is 10.6 Å². The normalized spacial score (nSPS) is 12.2. The van der Waals surface area contributed by atoms with Gasteiger partial charge in [0.25, 0.3) is 0 Å². The first kappa shape index (κ1) is 13.8. The lowest BCUT2D eigenvalue weighted by Gasteiger charge is -2.21. The van der Waals surface area contributed by atoms with Crippen molar-refractivity contribution in [3.8, 4) is 0 Å². The molecule has 0 bridgehead atoms. The molecule has 1 aromatic carbocycles. The van der Waals surface area contributed by atoms with E-state index in [0.717, 1.165) is 23.5 Å². The molecule has 0 aliphatic rings. The average Bonchev–Trinajstić information content (AvgIpc) is 2.39. The zero-order valence-corrected chi connectivity index (χ0v) is 11.9. The Morgan fingerprint density at radius 3 is 2.68 bits per heavy atom. The summed E-state index contributed by atoms with van der Waals surface area (Å²) in [7, 11) is 2.00. The second-order valence-electron chi connectivity index (χ2n) is 4.68. The van der Waals surface area contributed by atoms with Crippen LogP contribution in [0.4, 0.5) is 5.69 Å². The molecule has 2 rings (SSSR count). The topological polar surface area (TPSA) is 42.1 Å². The van der Waals surface area contributed by atoms with Crippen LogP contribution in [0.3, 0.4) is 0 Å². The lowest BCUT2D eigenvalue weighted by atomic mass is 10.1. The molecule has 2 aromatic rings. The third kappa shape index (κ3) is 3.46. The van der Waals surface area contributed by atoms with E-state index < -0.39 is 0 Å². The number of anilines is 1. The number of benzene rings is 1. The van der Waals surface area contributed by atoms with Crippen molar-refractivity contribution in [1.29, 1.82) is 0 Å². The molecule has 2 N–H and O–H groups in total. The summed E-state index contributed by atoms with van der Waals surface area (Å²) in [5.41, 5.74) is 8.89. The zero-order chi connectivity index (χ0) is 13.8. The van der Waals surface area contributed by atoms with Crippen LogP contribution in [-0.4, -0.2) is 12.0 Å². The van der Waals surface area contributed by atoms with Gasteiger partial charge in [-0.3, -0.25) is 4.98 Å². The molecule has 0 amide bonds. The Kier molecular flexibility index (Phi) is 4.40. The molecule has 3 nitrogen and oxygen atoms in total. The summed E-state index contributed by atoms with van der Waals surface area (Å²) in [5.74, 6) is 0. The lowest BCUT2D eigenvalue weighted by Crippen LogP contribution is -2.17. The van der Waals surface area contributed by atoms with Crippen molar-refractivity contribution in [3.63, 3.8) is 0 Å². The molecule has 4 heteroatoms. The van der Waals surface area contributed by atoms with E-state index in [4.69, 9.17) is 17.3 Å². The molecule has 1 heterocycles. The Labute approximate surface area is 119 Å². The minimum absolute atomic E-state index is 0.00681. The van der Waals surface area contributed by atoms with E-state index in [0.29, 0.717) is 5.02 Å². The highest BCUT2D eigenvalue weighted by atomic mass is 35.5. The SMILES string of the molecule is C[C@H](N)c1ccc(N(C)Cc2ccccn2)c(Cl)c1. The van der Waals surface area contributed by atoms with Gasteiger partial charge in [-0.2, -0.15) is 0 Å². The summed E-state index contributed by atoms with van der Waals surface area (Å²) < 4.78 is 0. The first-order chi connectivity index (χ1) is 9.08. The minimum atomic E-state index is -0.00681. The summed E-state index contributed by atoms with van der Waals surface area (Å²) >= 11 is 6.32. The molecule has 0 unspecified atom stereocenters. The smallest absolute Gasteiger partial charge is 0.0642 e. The molecule has 0 aliphatic carbocycles. The van der Waals surface area contributed by atoms with E-state index in [2.05, 4.69) is 9.88 Å². The molecule has 1 atom stereocenters. The summed E-state index contributed by atoms with van der Waals surface area (Å²) in [6.45, 7) is 2.67. The van der Waals surface area contributed by atoms with E-state index in [1.165, 1.54) is 0 Å².